The van der Waals surface area contributed by atoms with Crippen molar-refractivity contribution >= 4 is 54.9 Å². The minimum atomic E-state index is -3.68. The highest BCUT2D eigenvalue weighted by atomic mass is 32.2. The predicted molar refractivity (Wildman–Crippen MR) is 135 cm³/mol. The smallest absolute Gasteiger partial charge is 0.261 e. The van der Waals surface area contributed by atoms with Gasteiger partial charge in [-0.3, -0.25) is 9.52 Å². The van der Waals surface area contributed by atoms with Gasteiger partial charge in [-0.25, -0.2) is 13.4 Å². The molecule has 2 aromatic heterocycles. The number of likely N-dealkylation sites (N-methyl/N-ethyl adjacent to an activating group) is 1. The molecule has 9 heteroatoms. The van der Waals surface area contributed by atoms with Crippen LogP contribution in [0.15, 0.2) is 71.1 Å². The summed E-state index contributed by atoms with van der Waals surface area (Å²) in [6, 6.07) is 13.8. The van der Waals surface area contributed by atoms with Gasteiger partial charge in [0.15, 0.2) is 0 Å². The number of aromatic nitrogens is 1. The Balaban J connectivity index is 1.65. The number of benzene rings is 2. The van der Waals surface area contributed by atoms with Gasteiger partial charge >= 0.3 is 0 Å². The second-order valence-electron chi connectivity index (χ2n) is 7.40. The van der Waals surface area contributed by atoms with Crippen LogP contribution in [0.4, 0.5) is 11.5 Å². The highest BCUT2D eigenvalue weighted by Gasteiger charge is 2.16. The van der Waals surface area contributed by atoms with Gasteiger partial charge in [-0.1, -0.05) is 24.3 Å². The van der Waals surface area contributed by atoms with Crippen LogP contribution in [0.25, 0.3) is 27.3 Å². The number of carbonyl (C=O) groups is 1. The summed E-state index contributed by atoms with van der Waals surface area (Å²) >= 11 is 1.51. The van der Waals surface area contributed by atoms with E-state index in [0.29, 0.717) is 11.5 Å². The maximum Gasteiger partial charge on any atom is 0.261 e. The van der Waals surface area contributed by atoms with E-state index in [9.17, 15) is 13.2 Å². The first-order chi connectivity index (χ1) is 15.8. The fourth-order valence-electron chi connectivity index (χ4n) is 3.38. The normalized spacial score (nSPS) is 11.7. The van der Waals surface area contributed by atoms with Crippen molar-refractivity contribution in [3.8, 4) is 11.1 Å². The number of anilines is 2. The summed E-state index contributed by atoms with van der Waals surface area (Å²) in [5.41, 5.74) is 10.1. The molecule has 168 valence electrons. The molecule has 0 fully saturated rings. The third kappa shape index (κ3) is 4.74. The molecule has 0 radical (unpaired) electrons. The highest BCUT2D eigenvalue weighted by molar-refractivity contribution is 7.92. The summed E-state index contributed by atoms with van der Waals surface area (Å²) in [6.45, 7) is 1.85. The molecular formula is C24H22N4O3S2. The average Bonchev–Trinajstić information content (AvgIpc) is 3.25. The second kappa shape index (κ2) is 9.05. The summed E-state index contributed by atoms with van der Waals surface area (Å²) in [6.07, 6.45) is 4.79. The number of aryl methyl sites for hydroxylation is 1. The van der Waals surface area contributed by atoms with Gasteiger partial charge in [-0.15, -0.1) is 11.3 Å². The number of nitrogens with zero attached hydrogens (tertiary/aromatic N) is 1. The molecule has 0 aliphatic rings. The van der Waals surface area contributed by atoms with Gasteiger partial charge in [0, 0.05) is 46.2 Å². The molecule has 0 saturated heterocycles. The Labute approximate surface area is 196 Å². The van der Waals surface area contributed by atoms with E-state index in [1.165, 1.54) is 17.4 Å². The van der Waals surface area contributed by atoms with Gasteiger partial charge in [0.05, 0.1) is 4.90 Å². The number of amides is 1. The maximum absolute atomic E-state index is 12.7. The summed E-state index contributed by atoms with van der Waals surface area (Å²) in [5.74, 6) is 0.183. The van der Waals surface area contributed by atoms with Crippen molar-refractivity contribution in [2.75, 3.05) is 17.5 Å². The summed E-state index contributed by atoms with van der Waals surface area (Å²) in [5, 5.41) is 5.32. The standard InChI is InChI=1S/C24H22N4O3S2/c1-15-4-3-5-19(12-15)33(30,31)28-18-9-6-16(7-10-18)20-14-32-23-17(8-11-21(29)26-2)13-27-24(25)22(20)23/h3-14,28H,1-2H3,(H2,25,27)(H,26,29). The monoisotopic (exact) mass is 478 g/mol. The Morgan fingerprint density at radius 2 is 1.91 bits per heavy atom. The van der Waals surface area contributed by atoms with Gasteiger partial charge in [-0.05, 0) is 53.8 Å². The van der Waals surface area contributed by atoms with Gasteiger partial charge in [0.1, 0.15) is 5.82 Å². The molecule has 2 heterocycles. The van der Waals surface area contributed by atoms with Crippen LogP contribution >= 0.6 is 11.3 Å². The highest BCUT2D eigenvalue weighted by Crippen LogP contribution is 2.39. The number of carbonyl (C=O) groups excluding carboxylic acids is 1. The molecule has 4 aromatic rings. The van der Waals surface area contributed by atoms with Crippen molar-refractivity contribution in [2.24, 2.45) is 0 Å². The van der Waals surface area contributed by atoms with Gasteiger partial charge in [0.25, 0.3) is 10.0 Å². The lowest BCUT2D eigenvalue weighted by atomic mass is 10.0. The largest absolute Gasteiger partial charge is 0.383 e. The fourth-order valence-corrected chi connectivity index (χ4v) is 5.62. The van der Waals surface area contributed by atoms with Gasteiger partial charge in [0.2, 0.25) is 5.91 Å². The molecule has 0 atom stereocenters. The second-order valence-corrected chi connectivity index (χ2v) is 9.96. The Kier molecular flexibility index (Phi) is 6.17. The zero-order valence-electron chi connectivity index (χ0n) is 18.0. The first kappa shape index (κ1) is 22.5. The number of thiophene rings is 1. The number of pyridine rings is 1. The summed E-state index contributed by atoms with van der Waals surface area (Å²) in [4.78, 5) is 16.1. The number of rotatable bonds is 6. The van der Waals surface area contributed by atoms with Crippen molar-refractivity contribution in [2.45, 2.75) is 11.8 Å². The van der Waals surface area contributed by atoms with Crippen molar-refractivity contribution in [1.82, 2.24) is 10.3 Å². The van der Waals surface area contributed by atoms with Crippen LogP contribution in [0.5, 0.6) is 0 Å². The van der Waals surface area contributed by atoms with E-state index in [2.05, 4.69) is 15.0 Å². The lowest BCUT2D eigenvalue weighted by Crippen LogP contribution is -2.13. The third-order valence-electron chi connectivity index (χ3n) is 5.06. The molecule has 4 N–H and O–H groups in total. The molecule has 7 nitrogen and oxygen atoms in total. The molecule has 0 spiro atoms. The molecule has 33 heavy (non-hydrogen) atoms. The first-order valence-electron chi connectivity index (χ1n) is 10.0. The van der Waals surface area contributed by atoms with Crippen LogP contribution in [-0.4, -0.2) is 26.4 Å². The van der Waals surface area contributed by atoms with E-state index < -0.39 is 10.0 Å². The number of hydrogen-bond acceptors (Lipinski definition) is 6. The van der Waals surface area contributed by atoms with Crippen molar-refractivity contribution in [3.05, 3.63) is 77.3 Å². The van der Waals surface area contributed by atoms with Crippen LogP contribution in [-0.2, 0) is 14.8 Å². The van der Waals surface area contributed by atoms with E-state index in [0.717, 1.165) is 32.3 Å². The number of nitrogens with one attached hydrogen (secondary N) is 2. The van der Waals surface area contributed by atoms with Crippen LogP contribution in [0.2, 0.25) is 0 Å². The maximum atomic E-state index is 12.7. The molecule has 0 saturated carbocycles. The van der Waals surface area contributed by atoms with Gasteiger partial charge < -0.3 is 11.1 Å². The number of hydrogen-bond donors (Lipinski definition) is 3. The van der Waals surface area contributed by atoms with Crippen molar-refractivity contribution < 1.29 is 13.2 Å². The SMILES string of the molecule is CNC(=O)C=Cc1cnc(N)c2c(-c3ccc(NS(=O)(=O)c4cccc(C)c4)cc3)csc12. The Morgan fingerprint density at radius 1 is 1.15 bits per heavy atom. The van der Waals surface area contributed by atoms with Crippen LogP contribution in [0.1, 0.15) is 11.1 Å². The molecule has 1 amide bonds. The third-order valence-corrected chi connectivity index (χ3v) is 7.47. The molecule has 2 aromatic carbocycles. The molecule has 0 aliphatic heterocycles. The number of sulfonamides is 1. The number of fused-ring (bicyclic) bond motifs is 1. The number of nitrogen functional groups attached to an aromatic ring is 1. The molecular weight excluding hydrogens is 456 g/mol. The average molecular weight is 479 g/mol. The van der Waals surface area contributed by atoms with Crippen molar-refractivity contribution in [3.63, 3.8) is 0 Å². The van der Waals surface area contributed by atoms with E-state index in [4.69, 9.17) is 5.73 Å². The molecule has 0 unspecified atom stereocenters. The van der Waals surface area contributed by atoms with E-state index in [1.807, 2.05) is 30.5 Å². The summed E-state index contributed by atoms with van der Waals surface area (Å²) in [7, 11) is -2.12. The quantitative estimate of drug-likeness (QED) is 0.355. The lowest BCUT2D eigenvalue weighted by molar-refractivity contribution is -0.115. The molecule has 0 aliphatic carbocycles. The molecule has 0 bridgehead atoms. The van der Waals surface area contributed by atoms with Gasteiger partial charge in [-0.2, -0.15) is 0 Å². The minimum absolute atomic E-state index is 0.208. The van der Waals surface area contributed by atoms with Crippen molar-refractivity contribution in [1.29, 1.82) is 0 Å². The minimum Gasteiger partial charge on any atom is -0.383 e. The molecule has 4 rings (SSSR count). The van der Waals surface area contributed by atoms with E-state index in [1.54, 1.807) is 49.7 Å². The Hall–Kier alpha value is -3.69. The van der Waals surface area contributed by atoms with Crippen LogP contribution in [0.3, 0.4) is 0 Å². The zero-order valence-corrected chi connectivity index (χ0v) is 19.6. The van der Waals surface area contributed by atoms with E-state index in [-0.39, 0.29) is 10.8 Å². The van der Waals surface area contributed by atoms with Crippen LogP contribution < -0.4 is 15.8 Å². The topological polar surface area (TPSA) is 114 Å². The predicted octanol–water partition coefficient (Wildman–Crippen LogP) is 4.41. The fraction of sp³-hybridized carbons (Fsp3) is 0.0833. The first-order valence-corrected chi connectivity index (χ1v) is 12.4. The number of nitrogens with two attached hydrogens (primary N) is 1. The van der Waals surface area contributed by atoms with Crippen LogP contribution in [0, 0.1) is 6.92 Å². The summed E-state index contributed by atoms with van der Waals surface area (Å²) < 4.78 is 28.9. The lowest BCUT2D eigenvalue weighted by Gasteiger charge is -2.10. The Bertz CT molecular complexity index is 1470. The van der Waals surface area contributed by atoms with E-state index >= 15 is 0 Å². The zero-order chi connectivity index (χ0) is 23.6. The Morgan fingerprint density at radius 3 is 2.61 bits per heavy atom.